The van der Waals surface area contributed by atoms with Crippen LogP contribution >= 0.6 is 0 Å². The third-order valence-electron chi connectivity index (χ3n) is 4.10. The van der Waals surface area contributed by atoms with E-state index in [0.29, 0.717) is 17.2 Å². The summed E-state index contributed by atoms with van der Waals surface area (Å²) in [5.41, 5.74) is 1.81. The quantitative estimate of drug-likeness (QED) is 0.709. The molecule has 0 atom stereocenters. The molecule has 1 aromatic carbocycles. The highest BCUT2D eigenvalue weighted by Crippen LogP contribution is 2.34. The van der Waals surface area contributed by atoms with Gasteiger partial charge in [-0.15, -0.1) is 0 Å². The molecule has 1 aliphatic rings. The van der Waals surface area contributed by atoms with Gasteiger partial charge >= 0.3 is 5.97 Å². The van der Waals surface area contributed by atoms with Gasteiger partial charge in [0.2, 0.25) is 5.95 Å². The molecule has 1 fully saturated rings. The van der Waals surface area contributed by atoms with Crippen LogP contribution < -0.4 is 5.32 Å². The van der Waals surface area contributed by atoms with Crippen molar-refractivity contribution in [2.24, 2.45) is 0 Å². The minimum Gasteiger partial charge on any atom is -0.465 e. The molecular weight excluding hydrogens is 337 g/mol. The molecule has 132 valence electrons. The molecule has 1 saturated carbocycles. The Morgan fingerprint density at radius 2 is 2.04 bits per heavy atom. The first-order valence-corrected chi connectivity index (χ1v) is 8.16. The van der Waals surface area contributed by atoms with E-state index in [1.165, 1.54) is 7.11 Å². The van der Waals surface area contributed by atoms with Gasteiger partial charge in [0, 0.05) is 11.8 Å². The van der Waals surface area contributed by atoms with Gasteiger partial charge in [0.15, 0.2) is 5.82 Å². The molecule has 2 heterocycles. The van der Waals surface area contributed by atoms with Crippen LogP contribution in [0.3, 0.4) is 0 Å². The van der Waals surface area contributed by atoms with E-state index in [9.17, 15) is 9.18 Å². The first kappa shape index (κ1) is 16.2. The van der Waals surface area contributed by atoms with Crippen molar-refractivity contribution in [1.82, 2.24) is 19.7 Å². The number of benzene rings is 1. The van der Waals surface area contributed by atoms with E-state index in [1.807, 2.05) is 10.9 Å². The molecule has 2 aromatic heterocycles. The third-order valence-corrected chi connectivity index (χ3v) is 4.10. The van der Waals surface area contributed by atoms with E-state index in [0.717, 1.165) is 24.7 Å². The molecule has 0 saturated heterocycles. The minimum atomic E-state index is -0.546. The molecule has 0 radical (unpaired) electrons. The lowest BCUT2D eigenvalue weighted by molar-refractivity contribution is 0.0601. The van der Waals surface area contributed by atoms with Crippen LogP contribution in [-0.4, -0.2) is 32.8 Å². The Kier molecular flexibility index (Phi) is 4.08. The fourth-order valence-corrected chi connectivity index (χ4v) is 2.58. The lowest BCUT2D eigenvalue weighted by Gasteiger charge is -2.07. The number of ether oxygens (including phenoxy) is 1. The fraction of sp³-hybridized carbons (Fsp3) is 0.222. The Bertz CT molecular complexity index is 950. The highest BCUT2D eigenvalue weighted by Gasteiger charge is 2.24. The first-order valence-electron chi connectivity index (χ1n) is 8.16. The van der Waals surface area contributed by atoms with Gasteiger partial charge in [-0.3, -0.25) is 4.68 Å². The first-order chi connectivity index (χ1) is 12.6. The van der Waals surface area contributed by atoms with Crippen LogP contribution in [0.2, 0.25) is 0 Å². The number of aromatic nitrogens is 4. The second-order valence-electron chi connectivity index (χ2n) is 6.02. The molecule has 0 bridgehead atoms. The topological polar surface area (TPSA) is 81.9 Å². The maximum absolute atomic E-state index is 14.2. The molecule has 8 heteroatoms. The second kappa shape index (κ2) is 6.55. The summed E-state index contributed by atoms with van der Waals surface area (Å²) in [5.74, 6) is -0.724. The van der Waals surface area contributed by atoms with E-state index in [-0.39, 0.29) is 11.6 Å². The van der Waals surface area contributed by atoms with E-state index in [4.69, 9.17) is 0 Å². The number of carbonyl (C=O) groups is 1. The van der Waals surface area contributed by atoms with Crippen LogP contribution in [0, 0.1) is 5.82 Å². The van der Waals surface area contributed by atoms with Crippen molar-refractivity contribution in [3.63, 3.8) is 0 Å². The maximum atomic E-state index is 14.2. The summed E-state index contributed by atoms with van der Waals surface area (Å²) in [5, 5.41) is 7.32. The number of rotatable bonds is 5. The largest absolute Gasteiger partial charge is 0.465 e. The van der Waals surface area contributed by atoms with Crippen LogP contribution in [0.4, 0.5) is 16.0 Å². The molecule has 3 aromatic rings. The van der Waals surface area contributed by atoms with Crippen molar-refractivity contribution in [2.75, 3.05) is 12.4 Å². The Labute approximate surface area is 148 Å². The van der Waals surface area contributed by atoms with E-state index in [1.54, 1.807) is 30.5 Å². The minimum absolute atomic E-state index is 0.147. The number of carbonyl (C=O) groups excluding carboxylic acids is 1. The Balaban J connectivity index is 1.58. The van der Waals surface area contributed by atoms with Gasteiger partial charge in [0.25, 0.3) is 0 Å². The lowest BCUT2D eigenvalue weighted by Crippen LogP contribution is -2.02. The van der Waals surface area contributed by atoms with E-state index < -0.39 is 11.8 Å². The number of esters is 1. The number of methoxy groups -OCH3 is 1. The van der Waals surface area contributed by atoms with Gasteiger partial charge < -0.3 is 10.1 Å². The standard InChI is InChI=1S/C18H16FN5O2/c1-26-17(25)12-4-2-11(3-5-12)16-15(19)9-20-18(23-16)22-13-8-21-24(10-13)14-6-7-14/h2-5,8-10,14H,6-7H2,1H3,(H,20,22,23). The molecular formula is C18H16FN5O2. The number of nitrogens with one attached hydrogen (secondary N) is 1. The SMILES string of the molecule is COC(=O)c1ccc(-c2nc(Nc3cnn(C4CC4)c3)ncc2F)cc1. The maximum Gasteiger partial charge on any atom is 0.337 e. The average molecular weight is 353 g/mol. The summed E-state index contributed by atoms with van der Waals surface area (Å²) < 4.78 is 20.7. The van der Waals surface area contributed by atoms with Crippen molar-refractivity contribution in [2.45, 2.75) is 18.9 Å². The number of hydrogen-bond acceptors (Lipinski definition) is 6. The summed E-state index contributed by atoms with van der Waals surface area (Å²) in [4.78, 5) is 19.7. The molecule has 7 nitrogen and oxygen atoms in total. The van der Waals surface area contributed by atoms with Gasteiger partial charge in [-0.05, 0) is 25.0 Å². The van der Waals surface area contributed by atoms with Crippen molar-refractivity contribution < 1.29 is 13.9 Å². The molecule has 0 unspecified atom stereocenters. The summed E-state index contributed by atoms with van der Waals surface area (Å²) in [7, 11) is 1.31. The molecule has 0 amide bonds. The molecule has 1 N–H and O–H groups in total. The third kappa shape index (κ3) is 3.26. The number of hydrogen-bond donors (Lipinski definition) is 1. The van der Waals surface area contributed by atoms with Gasteiger partial charge in [-0.25, -0.2) is 19.2 Å². The lowest BCUT2D eigenvalue weighted by atomic mass is 10.1. The molecule has 0 aliphatic heterocycles. The van der Waals surface area contributed by atoms with Crippen LogP contribution in [0.1, 0.15) is 29.2 Å². The molecule has 1 aliphatic carbocycles. The highest BCUT2D eigenvalue weighted by atomic mass is 19.1. The predicted molar refractivity (Wildman–Crippen MR) is 92.5 cm³/mol. The zero-order valence-corrected chi connectivity index (χ0v) is 14.0. The van der Waals surface area contributed by atoms with Crippen LogP contribution in [0.25, 0.3) is 11.3 Å². The van der Waals surface area contributed by atoms with Crippen molar-refractivity contribution in [1.29, 1.82) is 0 Å². The number of halogens is 1. The normalized spacial score (nSPS) is 13.5. The Morgan fingerprint density at radius 1 is 1.27 bits per heavy atom. The van der Waals surface area contributed by atoms with Gasteiger partial charge in [0.1, 0.15) is 5.69 Å². The predicted octanol–water partition coefficient (Wildman–Crippen LogP) is 3.34. The monoisotopic (exact) mass is 353 g/mol. The smallest absolute Gasteiger partial charge is 0.337 e. The van der Waals surface area contributed by atoms with Gasteiger partial charge in [-0.2, -0.15) is 5.10 Å². The summed E-state index contributed by atoms with van der Waals surface area (Å²) in [6, 6.07) is 6.84. The van der Waals surface area contributed by atoms with Gasteiger partial charge in [-0.1, -0.05) is 12.1 Å². The van der Waals surface area contributed by atoms with Gasteiger partial charge in [0.05, 0.1) is 36.8 Å². The Morgan fingerprint density at radius 3 is 2.73 bits per heavy atom. The molecule has 4 rings (SSSR count). The van der Waals surface area contributed by atoms with Crippen molar-refractivity contribution in [3.8, 4) is 11.3 Å². The molecule has 26 heavy (non-hydrogen) atoms. The summed E-state index contributed by atoms with van der Waals surface area (Å²) in [6.07, 6.45) is 6.97. The van der Waals surface area contributed by atoms with Crippen LogP contribution in [0.5, 0.6) is 0 Å². The van der Waals surface area contributed by atoms with E-state index >= 15 is 0 Å². The number of anilines is 2. The van der Waals surface area contributed by atoms with Crippen molar-refractivity contribution >= 4 is 17.6 Å². The zero-order valence-electron chi connectivity index (χ0n) is 14.0. The average Bonchev–Trinajstić information content (AvgIpc) is 3.42. The number of nitrogens with zero attached hydrogens (tertiary/aromatic N) is 4. The zero-order chi connectivity index (χ0) is 18.1. The highest BCUT2D eigenvalue weighted by molar-refractivity contribution is 5.89. The van der Waals surface area contributed by atoms with Crippen molar-refractivity contribution in [3.05, 3.63) is 54.2 Å². The summed E-state index contributed by atoms with van der Waals surface area (Å²) in [6.45, 7) is 0. The second-order valence-corrected chi connectivity index (χ2v) is 6.02. The van der Waals surface area contributed by atoms with Crippen LogP contribution in [0.15, 0.2) is 42.9 Å². The van der Waals surface area contributed by atoms with Crippen LogP contribution in [-0.2, 0) is 4.74 Å². The summed E-state index contributed by atoms with van der Waals surface area (Å²) >= 11 is 0. The fourth-order valence-electron chi connectivity index (χ4n) is 2.58. The molecule has 0 spiro atoms. The Hall–Kier alpha value is -3.29. The van der Waals surface area contributed by atoms with E-state index in [2.05, 4.69) is 25.1 Å².